The highest BCUT2D eigenvalue weighted by molar-refractivity contribution is 6.03. The first-order valence-electron chi connectivity index (χ1n) is 7.87. The molecule has 2 aromatic carbocycles. The van der Waals surface area contributed by atoms with Crippen molar-refractivity contribution in [3.63, 3.8) is 0 Å². The van der Waals surface area contributed by atoms with Gasteiger partial charge >= 0.3 is 5.97 Å². The predicted molar refractivity (Wildman–Crippen MR) is 90.2 cm³/mol. The molecule has 7 heteroatoms. The average molecular weight is 340 g/mol. The zero-order chi connectivity index (χ0) is 17.8. The maximum atomic E-state index is 12.5. The van der Waals surface area contributed by atoms with E-state index in [1.54, 1.807) is 47.4 Å². The van der Waals surface area contributed by atoms with Gasteiger partial charge in [0.05, 0.1) is 21.7 Å². The number of benzene rings is 2. The lowest BCUT2D eigenvalue weighted by Gasteiger charge is -2.18. The Balaban J connectivity index is 1.79. The highest BCUT2D eigenvalue weighted by atomic mass is 16.6. The average Bonchev–Trinajstić information content (AvgIpc) is 3.05. The van der Waals surface area contributed by atoms with Crippen LogP contribution in [-0.4, -0.2) is 23.3 Å². The minimum atomic E-state index is -0.617. The van der Waals surface area contributed by atoms with E-state index >= 15 is 0 Å². The van der Waals surface area contributed by atoms with Crippen molar-refractivity contribution < 1.29 is 19.2 Å². The van der Waals surface area contributed by atoms with E-state index in [1.165, 1.54) is 6.07 Å². The number of amides is 1. The summed E-state index contributed by atoms with van der Waals surface area (Å²) in [4.78, 5) is 36.5. The van der Waals surface area contributed by atoms with Crippen LogP contribution in [0.25, 0.3) is 0 Å². The van der Waals surface area contributed by atoms with Crippen molar-refractivity contribution in [2.75, 3.05) is 11.4 Å². The smallest absolute Gasteiger partial charge is 0.340 e. The number of hydrogen-bond donors (Lipinski definition) is 0. The van der Waals surface area contributed by atoms with E-state index in [9.17, 15) is 19.7 Å². The standard InChI is InChI=1S/C18H16N2O5/c21-17-10-5-11-19(17)16-9-4-2-7-14(16)18(22)25-12-13-6-1-3-8-15(13)20(23)24/h1-4,6-9H,5,10-12H2. The van der Waals surface area contributed by atoms with Crippen molar-refractivity contribution in [1.29, 1.82) is 0 Å². The molecule has 0 bridgehead atoms. The van der Waals surface area contributed by atoms with Crippen LogP contribution >= 0.6 is 0 Å². The van der Waals surface area contributed by atoms with Crippen molar-refractivity contribution in [3.8, 4) is 0 Å². The SMILES string of the molecule is O=C(OCc1ccccc1[N+](=O)[O-])c1ccccc1N1CCCC1=O. The van der Waals surface area contributed by atoms with Crippen molar-refractivity contribution in [2.45, 2.75) is 19.4 Å². The maximum Gasteiger partial charge on any atom is 0.340 e. The molecule has 0 atom stereocenters. The van der Waals surface area contributed by atoms with Crippen LogP contribution in [0.5, 0.6) is 0 Å². The van der Waals surface area contributed by atoms with Crippen LogP contribution in [0.1, 0.15) is 28.8 Å². The zero-order valence-electron chi connectivity index (χ0n) is 13.4. The summed E-state index contributed by atoms with van der Waals surface area (Å²) < 4.78 is 5.26. The lowest BCUT2D eigenvalue weighted by atomic mass is 10.1. The van der Waals surface area contributed by atoms with Crippen LogP contribution in [0.4, 0.5) is 11.4 Å². The van der Waals surface area contributed by atoms with Gasteiger partial charge in [0.25, 0.3) is 5.69 Å². The molecule has 25 heavy (non-hydrogen) atoms. The minimum Gasteiger partial charge on any atom is -0.457 e. The van der Waals surface area contributed by atoms with Gasteiger partial charge in [0, 0.05) is 19.0 Å². The molecule has 7 nitrogen and oxygen atoms in total. The second kappa shape index (κ2) is 7.12. The molecule has 3 rings (SSSR count). The number of anilines is 1. The van der Waals surface area contributed by atoms with E-state index in [4.69, 9.17) is 4.74 Å². The highest BCUT2D eigenvalue weighted by Crippen LogP contribution is 2.26. The Bertz CT molecular complexity index is 834. The molecule has 0 saturated carbocycles. The van der Waals surface area contributed by atoms with Gasteiger partial charge in [-0.3, -0.25) is 14.9 Å². The Labute approximate surface area is 144 Å². The second-order valence-corrected chi connectivity index (χ2v) is 5.63. The molecule has 1 fully saturated rings. The first-order chi connectivity index (χ1) is 12.1. The molecule has 0 aromatic heterocycles. The Morgan fingerprint density at radius 1 is 1.16 bits per heavy atom. The Morgan fingerprint density at radius 2 is 1.88 bits per heavy atom. The molecule has 2 aromatic rings. The van der Waals surface area contributed by atoms with Gasteiger partial charge in [0.15, 0.2) is 0 Å². The highest BCUT2D eigenvalue weighted by Gasteiger charge is 2.26. The summed E-state index contributed by atoms with van der Waals surface area (Å²) in [6, 6.07) is 12.8. The number of nitrogens with zero attached hydrogens (tertiary/aromatic N) is 2. The van der Waals surface area contributed by atoms with Gasteiger partial charge < -0.3 is 9.64 Å². The molecule has 1 aliphatic heterocycles. The van der Waals surface area contributed by atoms with E-state index in [1.807, 2.05) is 0 Å². The Hall–Kier alpha value is -3.22. The monoisotopic (exact) mass is 340 g/mol. The molecule has 0 aliphatic carbocycles. The number of hydrogen-bond acceptors (Lipinski definition) is 5. The topological polar surface area (TPSA) is 89.8 Å². The molecule has 128 valence electrons. The predicted octanol–water partition coefficient (Wildman–Crippen LogP) is 3.08. The second-order valence-electron chi connectivity index (χ2n) is 5.63. The minimum absolute atomic E-state index is 0.0288. The quantitative estimate of drug-likeness (QED) is 0.474. The molecule has 1 heterocycles. The fourth-order valence-electron chi connectivity index (χ4n) is 2.82. The number of para-hydroxylation sites is 2. The summed E-state index contributed by atoms with van der Waals surface area (Å²) in [6.07, 6.45) is 1.21. The Morgan fingerprint density at radius 3 is 2.60 bits per heavy atom. The fourth-order valence-corrected chi connectivity index (χ4v) is 2.82. The van der Waals surface area contributed by atoms with Crippen LogP contribution in [-0.2, 0) is 16.1 Å². The van der Waals surface area contributed by atoms with Gasteiger partial charge in [0.2, 0.25) is 5.91 Å². The van der Waals surface area contributed by atoms with Crippen LogP contribution in [0, 0.1) is 10.1 Å². The van der Waals surface area contributed by atoms with Gasteiger partial charge in [-0.2, -0.15) is 0 Å². The summed E-state index contributed by atoms with van der Waals surface area (Å²) >= 11 is 0. The van der Waals surface area contributed by atoms with E-state index in [-0.39, 0.29) is 23.8 Å². The number of nitro benzene ring substituents is 1. The molecule has 1 amide bonds. The molecule has 0 unspecified atom stereocenters. The molecular formula is C18H16N2O5. The number of carbonyl (C=O) groups excluding carboxylic acids is 2. The Kier molecular flexibility index (Phi) is 4.74. The maximum absolute atomic E-state index is 12.5. The summed E-state index contributed by atoms with van der Waals surface area (Å²) in [5.41, 5.74) is 1.00. The summed E-state index contributed by atoms with van der Waals surface area (Å²) in [5.74, 6) is -0.646. The van der Waals surface area contributed by atoms with Crippen LogP contribution in [0.2, 0.25) is 0 Å². The van der Waals surface area contributed by atoms with Crippen molar-refractivity contribution >= 4 is 23.3 Å². The van der Waals surface area contributed by atoms with E-state index < -0.39 is 10.9 Å². The number of nitro groups is 1. The van der Waals surface area contributed by atoms with Gasteiger partial charge in [-0.1, -0.05) is 24.3 Å². The van der Waals surface area contributed by atoms with Gasteiger partial charge in [0.1, 0.15) is 6.61 Å². The lowest BCUT2D eigenvalue weighted by molar-refractivity contribution is -0.385. The van der Waals surface area contributed by atoms with E-state index in [2.05, 4.69) is 0 Å². The first kappa shape index (κ1) is 16.6. The summed E-state index contributed by atoms with van der Waals surface area (Å²) in [6.45, 7) is 0.353. The van der Waals surface area contributed by atoms with Gasteiger partial charge in [-0.25, -0.2) is 4.79 Å². The molecule has 1 saturated heterocycles. The zero-order valence-corrected chi connectivity index (χ0v) is 13.4. The van der Waals surface area contributed by atoms with Crippen molar-refractivity contribution in [3.05, 3.63) is 69.8 Å². The molecule has 1 aliphatic rings. The third-order valence-electron chi connectivity index (χ3n) is 4.04. The molecule has 0 N–H and O–H groups in total. The van der Waals surface area contributed by atoms with E-state index in [0.29, 0.717) is 24.2 Å². The van der Waals surface area contributed by atoms with E-state index in [0.717, 1.165) is 6.42 Å². The number of carbonyl (C=O) groups is 2. The third-order valence-corrected chi connectivity index (χ3v) is 4.04. The van der Waals surface area contributed by atoms with Crippen molar-refractivity contribution in [2.24, 2.45) is 0 Å². The normalized spacial score (nSPS) is 13.8. The summed E-state index contributed by atoms with van der Waals surface area (Å²) in [5, 5.41) is 11.0. The van der Waals surface area contributed by atoms with Crippen molar-refractivity contribution in [1.82, 2.24) is 0 Å². The number of esters is 1. The van der Waals surface area contributed by atoms with Crippen LogP contribution in [0.3, 0.4) is 0 Å². The first-order valence-corrected chi connectivity index (χ1v) is 7.87. The number of ether oxygens (including phenoxy) is 1. The number of rotatable bonds is 5. The molecule has 0 spiro atoms. The summed E-state index contributed by atoms with van der Waals surface area (Å²) in [7, 11) is 0. The molecular weight excluding hydrogens is 324 g/mol. The van der Waals surface area contributed by atoms with Crippen LogP contribution < -0.4 is 4.90 Å². The van der Waals surface area contributed by atoms with Gasteiger partial charge in [-0.15, -0.1) is 0 Å². The molecule has 0 radical (unpaired) electrons. The fraction of sp³-hybridized carbons (Fsp3) is 0.222. The third kappa shape index (κ3) is 3.50. The van der Waals surface area contributed by atoms with Gasteiger partial charge in [-0.05, 0) is 24.6 Å². The lowest BCUT2D eigenvalue weighted by Crippen LogP contribution is -2.26. The largest absolute Gasteiger partial charge is 0.457 e. The van der Waals surface area contributed by atoms with Crippen LogP contribution in [0.15, 0.2) is 48.5 Å².